The highest BCUT2D eigenvalue weighted by Crippen LogP contribution is 2.29. The van der Waals surface area contributed by atoms with E-state index in [1.54, 1.807) is 13.8 Å². The molecule has 140 valence electrons. The van der Waals surface area contributed by atoms with Gasteiger partial charge < -0.3 is 9.64 Å². The van der Waals surface area contributed by atoms with E-state index in [-0.39, 0.29) is 23.5 Å². The van der Waals surface area contributed by atoms with E-state index in [9.17, 15) is 18.0 Å². The molecule has 0 unspecified atom stereocenters. The number of hydrogen-bond acceptors (Lipinski definition) is 5. The molecule has 1 aliphatic heterocycles. The van der Waals surface area contributed by atoms with Crippen LogP contribution < -0.4 is 4.90 Å². The number of alkyl halides is 3. The van der Waals surface area contributed by atoms with Gasteiger partial charge in [0.1, 0.15) is 0 Å². The van der Waals surface area contributed by atoms with Crippen LogP contribution in [0.1, 0.15) is 37.6 Å². The van der Waals surface area contributed by atoms with Crippen LogP contribution in [0.5, 0.6) is 0 Å². The van der Waals surface area contributed by atoms with Crippen LogP contribution in [0, 0.1) is 12.8 Å². The van der Waals surface area contributed by atoms with Crippen LogP contribution >= 0.6 is 11.6 Å². The summed E-state index contributed by atoms with van der Waals surface area (Å²) < 4.78 is 42.4. The zero-order valence-corrected chi connectivity index (χ0v) is 15.0. The summed E-state index contributed by atoms with van der Waals surface area (Å²) >= 11 is 6.14. The van der Waals surface area contributed by atoms with Gasteiger partial charge in [0.15, 0.2) is 11.0 Å². The van der Waals surface area contributed by atoms with Crippen molar-refractivity contribution in [1.82, 2.24) is 9.97 Å². The number of esters is 1. The lowest BCUT2D eigenvalue weighted by molar-refractivity contribution is -0.148. The summed E-state index contributed by atoms with van der Waals surface area (Å²) in [5.74, 6) is -0.000985. The van der Waals surface area contributed by atoms with E-state index in [0.29, 0.717) is 49.7 Å². The molecule has 0 aromatic carbocycles. The number of ether oxygens (including phenoxy) is 1. The number of anilines is 1. The zero-order valence-electron chi connectivity index (χ0n) is 14.2. The Morgan fingerprint density at radius 3 is 2.52 bits per heavy atom. The van der Waals surface area contributed by atoms with Gasteiger partial charge in [-0.05, 0) is 26.7 Å². The summed E-state index contributed by atoms with van der Waals surface area (Å²) in [6.07, 6.45) is -4.25. The van der Waals surface area contributed by atoms with Crippen LogP contribution in [0.4, 0.5) is 19.0 Å². The molecule has 25 heavy (non-hydrogen) atoms. The summed E-state index contributed by atoms with van der Waals surface area (Å²) in [6.45, 7) is 4.76. The lowest BCUT2D eigenvalue weighted by Gasteiger charge is -2.32. The number of piperidine rings is 1. The van der Waals surface area contributed by atoms with Gasteiger partial charge in [0, 0.05) is 25.9 Å². The second-order valence-corrected chi connectivity index (χ2v) is 6.36. The van der Waals surface area contributed by atoms with Crippen LogP contribution in [0.2, 0.25) is 5.15 Å². The van der Waals surface area contributed by atoms with Gasteiger partial charge in [-0.1, -0.05) is 11.6 Å². The minimum absolute atomic E-state index is 0.168. The number of carbonyl (C=O) groups excluding carboxylic acids is 1. The number of aromatic nitrogens is 2. The zero-order chi connectivity index (χ0) is 18.6. The number of carbonyl (C=O) groups is 1. The van der Waals surface area contributed by atoms with Crippen molar-refractivity contribution < 1.29 is 22.7 Å². The topological polar surface area (TPSA) is 55.3 Å². The molecule has 0 spiro atoms. The largest absolute Gasteiger partial charge is 0.466 e. The van der Waals surface area contributed by atoms with Gasteiger partial charge in [-0.15, -0.1) is 0 Å². The summed E-state index contributed by atoms with van der Waals surface area (Å²) in [4.78, 5) is 22.1. The number of rotatable bonds is 5. The van der Waals surface area contributed by atoms with Crippen molar-refractivity contribution in [3.63, 3.8) is 0 Å². The second-order valence-electron chi connectivity index (χ2n) is 6.00. The van der Waals surface area contributed by atoms with Gasteiger partial charge in [-0.3, -0.25) is 4.79 Å². The van der Waals surface area contributed by atoms with Crippen molar-refractivity contribution in [2.75, 3.05) is 24.6 Å². The lowest BCUT2D eigenvalue weighted by atomic mass is 9.97. The van der Waals surface area contributed by atoms with Crippen LogP contribution in [-0.2, 0) is 16.0 Å². The van der Waals surface area contributed by atoms with Gasteiger partial charge in [-0.2, -0.15) is 13.2 Å². The monoisotopic (exact) mass is 379 g/mol. The molecule has 1 saturated heterocycles. The van der Waals surface area contributed by atoms with Gasteiger partial charge in [-0.25, -0.2) is 9.97 Å². The summed E-state index contributed by atoms with van der Waals surface area (Å²) in [7, 11) is 0. The third-order valence-corrected chi connectivity index (χ3v) is 4.42. The van der Waals surface area contributed by atoms with E-state index in [1.165, 1.54) is 0 Å². The molecule has 1 aromatic heterocycles. The number of halogens is 4. The van der Waals surface area contributed by atoms with Crippen LogP contribution in [0.15, 0.2) is 0 Å². The normalized spacial score (nSPS) is 16.2. The Hall–Kier alpha value is -1.57. The Kier molecular flexibility index (Phi) is 6.48. The van der Waals surface area contributed by atoms with Gasteiger partial charge >= 0.3 is 12.1 Å². The Bertz CT molecular complexity index is 617. The average Bonchev–Trinajstić information content (AvgIpc) is 2.53. The van der Waals surface area contributed by atoms with Crippen LogP contribution in [-0.4, -0.2) is 41.8 Å². The fraction of sp³-hybridized carbons (Fsp3) is 0.688. The molecule has 5 nitrogen and oxygen atoms in total. The van der Waals surface area contributed by atoms with Crippen LogP contribution in [0.3, 0.4) is 0 Å². The van der Waals surface area contributed by atoms with Gasteiger partial charge in [0.2, 0.25) is 0 Å². The van der Waals surface area contributed by atoms with Gasteiger partial charge in [0.05, 0.1) is 23.9 Å². The molecule has 0 amide bonds. The Labute approximate surface area is 149 Å². The van der Waals surface area contributed by atoms with E-state index >= 15 is 0 Å². The van der Waals surface area contributed by atoms with Crippen LogP contribution in [0.25, 0.3) is 0 Å². The standard InChI is InChI=1S/C16H21ClF3N3O2/c1-3-25-15(24)11-5-8-23(9-6-11)14-13(17)21-10(2)12(22-14)4-7-16(18,19)20/h11H,3-9H2,1-2H3. The molecular weight excluding hydrogens is 359 g/mol. The molecular formula is C16H21ClF3N3O2. The minimum atomic E-state index is -4.24. The fourth-order valence-corrected chi connectivity index (χ4v) is 3.09. The maximum absolute atomic E-state index is 12.5. The maximum atomic E-state index is 12.5. The number of hydrogen-bond donors (Lipinski definition) is 0. The molecule has 0 atom stereocenters. The van der Waals surface area contributed by atoms with E-state index in [0.717, 1.165) is 0 Å². The van der Waals surface area contributed by atoms with Gasteiger partial charge in [0.25, 0.3) is 0 Å². The smallest absolute Gasteiger partial charge is 0.389 e. The number of nitrogens with zero attached hydrogens (tertiary/aromatic N) is 3. The third kappa shape index (κ3) is 5.45. The molecule has 0 N–H and O–H groups in total. The molecule has 0 saturated carbocycles. The SMILES string of the molecule is CCOC(=O)C1CCN(c2nc(CCC(F)(F)F)c(C)nc2Cl)CC1. The predicted octanol–water partition coefficient (Wildman–Crippen LogP) is 3.71. The van der Waals surface area contributed by atoms with E-state index in [2.05, 4.69) is 9.97 Å². The molecule has 2 rings (SSSR count). The van der Waals surface area contributed by atoms with Crippen molar-refractivity contribution in [3.05, 3.63) is 16.5 Å². The van der Waals surface area contributed by atoms with Crippen molar-refractivity contribution in [2.24, 2.45) is 5.92 Å². The average molecular weight is 380 g/mol. The molecule has 0 aliphatic carbocycles. The highest BCUT2D eigenvalue weighted by molar-refractivity contribution is 6.31. The summed E-state index contributed by atoms with van der Waals surface area (Å²) in [5, 5.41) is 0.169. The molecule has 2 heterocycles. The minimum Gasteiger partial charge on any atom is -0.466 e. The first-order valence-corrected chi connectivity index (χ1v) is 8.60. The first-order valence-electron chi connectivity index (χ1n) is 8.22. The summed E-state index contributed by atoms with van der Waals surface area (Å²) in [5.41, 5.74) is 0.698. The highest BCUT2D eigenvalue weighted by Gasteiger charge is 2.30. The molecule has 0 bridgehead atoms. The molecule has 1 aromatic rings. The van der Waals surface area contributed by atoms with Crippen molar-refractivity contribution >= 4 is 23.4 Å². The Morgan fingerprint density at radius 2 is 1.96 bits per heavy atom. The second kappa shape index (κ2) is 8.21. The van der Waals surface area contributed by atoms with Crippen molar-refractivity contribution in [2.45, 2.75) is 45.7 Å². The maximum Gasteiger partial charge on any atom is 0.389 e. The van der Waals surface area contributed by atoms with Crippen molar-refractivity contribution in [3.8, 4) is 0 Å². The molecule has 1 fully saturated rings. The molecule has 1 aliphatic rings. The Balaban J connectivity index is 2.08. The summed E-state index contributed by atoms with van der Waals surface area (Å²) in [6, 6.07) is 0. The lowest BCUT2D eigenvalue weighted by Crippen LogP contribution is -2.37. The molecule has 0 radical (unpaired) electrons. The number of aryl methyl sites for hydroxylation is 2. The third-order valence-electron chi connectivity index (χ3n) is 4.17. The van der Waals surface area contributed by atoms with Crippen molar-refractivity contribution in [1.29, 1.82) is 0 Å². The fourth-order valence-electron chi connectivity index (χ4n) is 2.80. The van der Waals surface area contributed by atoms with E-state index in [4.69, 9.17) is 16.3 Å². The van der Waals surface area contributed by atoms with E-state index < -0.39 is 12.6 Å². The highest BCUT2D eigenvalue weighted by atomic mass is 35.5. The quantitative estimate of drug-likeness (QED) is 0.730. The Morgan fingerprint density at radius 1 is 1.32 bits per heavy atom. The molecule has 9 heteroatoms. The predicted molar refractivity (Wildman–Crippen MR) is 87.7 cm³/mol. The first-order chi connectivity index (χ1) is 11.7. The van der Waals surface area contributed by atoms with E-state index in [1.807, 2.05) is 4.90 Å². The first kappa shape index (κ1) is 19.8.